The van der Waals surface area contributed by atoms with Gasteiger partial charge >= 0.3 is 68.3 Å². The Morgan fingerprint density at radius 1 is 1.33 bits per heavy atom. The van der Waals surface area contributed by atoms with Crippen LogP contribution in [0.3, 0.4) is 0 Å². The average Bonchev–Trinajstić information content (AvgIpc) is 1.22. The van der Waals surface area contributed by atoms with Crippen LogP contribution in [-0.4, -0.2) is 0 Å². The molecule has 0 saturated heterocycles. The van der Waals surface area contributed by atoms with Crippen molar-refractivity contribution >= 4 is 48.8 Å². The van der Waals surface area contributed by atoms with E-state index in [2.05, 4.69) is 49.8 Å². The molecule has 0 saturated carbocycles. The molecule has 0 aromatic carbocycles. The molecule has 0 atom stereocenters. The molecule has 0 fully saturated rings. The molecule has 0 aromatic heterocycles. The van der Waals surface area contributed by atoms with Crippen LogP contribution in [0.15, 0.2) is 4.88 Å². The van der Waals surface area contributed by atoms with Crippen LogP contribution in [0, 0.1) is 0 Å². The third-order valence-corrected chi connectivity index (χ3v) is 1.44. The van der Waals surface area contributed by atoms with Crippen LogP contribution < -0.4 is 0 Å². The fourth-order valence-corrected chi connectivity index (χ4v) is 0.590. The molecule has 56 valence electrons. The maximum absolute atomic E-state index is 12.5. The maximum atomic E-state index is 12.5. The first kappa shape index (κ1) is 9.83. The van der Waals surface area contributed by atoms with Gasteiger partial charge in [-0.1, -0.05) is 0 Å². The summed E-state index contributed by atoms with van der Waals surface area (Å²) in [6.45, 7) is 0. The summed E-state index contributed by atoms with van der Waals surface area (Å²) in [5.41, 5.74) is 7.65. The summed E-state index contributed by atoms with van der Waals surface area (Å²) in [6, 6.07) is 0. The summed E-state index contributed by atoms with van der Waals surface area (Å²) in [4.78, 5) is 4.17. The molecule has 3 nitrogen and oxygen atoms in total. The Hall–Kier alpha value is 0.830. The first-order valence-corrected chi connectivity index (χ1v) is 7.59. The molecule has 0 unspecified atom stereocenters. The molecule has 0 aliphatic rings. The third kappa shape index (κ3) is 8.83. The van der Waals surface area contributed by atoms with E-state index in [0.717, 1.165) is 0 Å². The molecular formula is Cl4FN3P-. The van der Waals surface area contributed by atoms with E-state index in [-0.39, 0.29) is 0 Å². The van der Waals surface area contributed by atoms with Crippen LogP contribution in [0.5, 0.6) is 0 Å². The molecule has 0 rings (SSSR count). The number of hydrogen-bond donors (Lipinski definition) is 0. The van der Waals surface area contributed by atoms with E-state index < -0.39 is 3.82 Å². The van der Waals surface area contributed by atoms with E-state index in [9.17, 15) is 4.20 Å². The fraction of sp³-hybridized carbons (Fsp3) is 0. The Balaban J connectivity index is 4.99. The minimum absolute atomic E-state index is 1.93. The zero-order valence-electron chi connectivity index (χ0n) is 3.68. The van der Waals surface area contributed by atoms with Gasteiger partial charge in [-0.05, 0) is 0 Å². The zero-order chi connectivity index (χ0) is 7.82. The topological polar surface area (TPSA) is 48.8 Å². The Kier molecular flexibility index (Phi) is 1.86. The first-order valence-electron chi connectivity index (χ1n) is 1.45. The van der Waals surface area contributed by atoms with Crippen LogP contribution in [0.1, 0.15) is 0 Å². The van der Waals surface area contributed by atoms with E-state index in [4.69, 9.17) is 5.53 Å². The predicted molar refractivity (Wildman–Crippen MR) is 40.6 cm³/mol. The molecule has 0 N–H and O–H groups in total. The molecule has 0 amide bonds. The molecule has 0 bridgehead atoms. The second kappa shape index (κ2) is 1.70. The summed E-state index contributed by atoms with van der Waals surface area (Å²) < 4.78 is 6.41. The Labute approximate surface area is 68.5 Å². The second-order valence-corrected chi connectivity index (χ2v) is 16.0. The molecule has 0 radical (unpaired) electrons. The molecular weight excluding hydrogens is 234 g/mol. The van der Waals surface area contributed by atoms with Crippen molar-refractivity contribution in [1.29, 1.82) is 0 Å². The zero-order valence-corrected chi connectivity index (χ0v) is 7.60. The summed E-state index contributed by atoms with van der Waals surface area (Å²) in [5.74, 6) is 0. The first-order chi connectivity index (χ1) is 3.54. The number of nitrogens with zero attached hydrogens (tertiary/aromatic N) is 3. The van der Waals surface area contributed by atoms with Crippen molar-refractivity contribution < 1.29 is 4.20 Å². The van der Waals surface area contributed by atoms with Crippen molar-refractivity contribution in [3.63, 3.8) is 0 Å². The number of rotatable bonds is 1. The quantitative estimate of drug-likeness (QED) is 0.270. The standard InChI is InChI=1S/Cl4FN3P/c1-9(2,3,4,5)8-7-6/q-1. The van der Waals surface area contributed by atoms with Gasteiger partial charge in [0, 0.05) is 0 Å². The molecule has 9 heteroatoms. The molecule has 0 heterocycles. The van der Waals surface area contributed by atoms with Crippen LogP contribution in [-0.2, 0) is 0 Å². The van der Waals surface area contributed by atoms with Gasteiger partial charge in [-0.3, -0.25) is 0 Å². The summed E-state index contributed by atoms with van der Waals surface area (Å²) in [7, 11) is 0. The second-order valence-electron chi connectivity index (χ2n) is 1.20. The summed E-state index contributed by atoms with van der Waals surface area (Å²) in [5, 5.41) is 0. The Morgan fingerprint density at radius 3 is 1.67 bits per heavy atom. The van der Waals surface area contributed by atoms with Gasteiger partial charge in [0.15, 0.2) is 0 Å². The monoisotopic (exact) mass is 232 g/mol. The third-order valence-electron chi connectivity index (χ3n) is 0.209. The molecule has 0 aromatic rings. The normalized spacial score (nSPS) is 19.2. The van der Waals surface area contributed by atoms with Gasteiger partial charge < -0.3 is 0 Å². The average molecular weight is 234 g/mol. The van der Waals surface area contributed by atoms with Crippen molar-refractivity contribution in [2.45, 2.75) is 0 Å². The minimum atomic E-state index is -6.13. The van der Waals surface area contributed by atoms with E-state index in [1.54, 1.807) is 0 Å². The van der Waals surface area contributed by atoms with Gasteiger partial charge in [0.25, 0.3) is 0 Å². The molecule has 0 aliphatic heterocycles. The number of azide groups is 1. The van der Waals surface area contributed by atoms with Crippen molar-refractivity contribution in [3.05, 3.63) is 10.4 Å². The van der Waals surface area contributed by atoms with Gasteiger partial charge in [-0.25, -0.2) is 0 Å². The van der Waals surface area contributed by atoms with Crippen molar-refractivity contribution in [2.24, 2.45) is 4.88 Å². The predicted octanol–water partition coefficient (Wildman–Crippen LogP) is 4.80. The van der Waals surface area contributed by atoms with E-state index in [1.807, 2.05) is 4.91 Å². The van der Waals surface area contributed by atoms with Crippen LogP contribution >= 0.6 is 48.8 Å². The van der Waals surface area contributed by atoms with Crippen molar-refractivity contribution in [3.8, 4) is 0 Å². The van der Waals surface area contributed by atoms with E-state index in [1.165, 1.54) is 0 Å². The van der Waals surface area contributed by atoms with Crippen LogP contribution in [0.2, 0.25) is 0 Å². The summed E-state index contributed by atoms with van der Waals surface area (Å²) >= 11 is 18.8. The SMILES string of the molecule is [N-]=[N+]=N[P-](F)(Cl)(Cl)(Cl)Cl. The number of hydrogen-bond acceptors (Lipinski definition) is 1. The molecule has 0 aliphatic carbocycles. The fourth-order valence-electron chi connectivity index (χ4n) is 0.0756. The van der Waals surface area contributed by atoms with Crippen molar-refractivity contribution in [2.75, 3.05) is 0 Å². The van der Waals surface area contributed by atoms with Gasteiger partial charge in [0.05, 0.1) is 0 Å². The molecule has 9 heavy (non-hydrogen) atoms. The Morgan fingerprint density at radius 2 is 1.67 bits per heavy atom. The van der Waals surface area contributed by atoms with Crippen LogP contribution in [0.25, 0.3) is 10.4 Å². The Bertz CT molecular complexity index is 169. The molecule has 0 spiro atoms. The van der Waals surface area contributed by atoms with Gasteiger partial charge in [0.1, 0.15) is 0 Å². The summed E-state index contributed by atoms with van der Waals surface area (Å²) in [6.07, 6.45) is 0. The number of halogens is 5. The van der Waals surface area contributed by atoms with Crippen molar-refractivity contribution in [1.82, 2.24) is 0 Å². The van der Waals surface area contributed by atoms with Gasteiger partial charge in [-0.2, -0.15) is 0 Å². The van der Waals surface area contributed by atoms with Crippen LogP contribution in [0.4, 0.5) is 4.20 Å². The van der Waals surface area contributed by atoms with Gasteiger partial charge in [0.2, 0.25) is 0 Å². The van der Waals surface area contributed by atoms with Gasteiger partial charge in [-0.15, -0.1) is 0 Å². The van der Waals surface area contributed by atoms with E-state index >= 15 is 0 Å². The van der Waals surface area contributed by atoms with E-state index in [0.29, 0.717) is 0 Å².